The molecule has 0 aliphatic rings. The first kappa shape index (κ1) is 17.3. The van der Waals surface area contributed by atoms with Crippen LogP contribution >= 0.6 is 7.60 Å². The molecule has 0 amide bonds. The highest BCUT2D eigenvalue weighted by molar-refractivity contribution is 7.55. The lowest BCUT2D eigenvalue weighted by atomic mass is 10.4. The van der Waals surface area contributed by atoms with Crippen LogP contribution in [0.15, 0.2) is 5.11 Å². The Labute approximate surface area is 105 Å². The first-order valence-corrected chi connectivity index (χ1v) is 7.04. The molecule has 18 heavy (non-hydrogen) atoms. The van der Waals surface area contributed by atoms with E-state index in [2.05, 4.69) is 10.0 Å². The van der Waals surface area contributed by atoms with Gasteiger partial charge in [-0.15, -0.1) is 0 Å². The molecule has 0 atom stereocenters. The number of alkyl halides is 2. The van der Waals surface area contributed by atoms with E-state index in [-0.39, 0.29) is 0 Å². The molecule has 0 heterocycles. The van der Waals surface area contributed by atoms with E-state index in [4.69, 9.17) is 14.6 Å². The van der Waals surface area contributed by atoms with Crippen molar-refractivity contribution in [1.82, 2.24) is 0 Å². The standard InChI is InChI=1S/C9H18F2N3O3P/c1-7(2)16-18(15,17-8(3)4)9(10,11)5-6-13-14-12/h7-8H,5-6H2,1-4H3. The van der Waals surface area contributed by atoms with Crippen molar-refractivity contribution in [2.75, 3.05) is 6.54 Å². The molecule has 0 fully saturated rings. The van der Waals surface area contributed by atoms with Crippen molar-refractivity contribution in [3.05, 3.63) is 10.4 Å². The smallest absolute Gasteiger partial charge is 0.302 e. The van der Waals surface area contributed by atoms with Gasteiger partial charge in [-0.25, -0.2) is 0 Å². The van der Waals surface area contributed by atoms with Crippen molar-refractivity contribution in [3.63, 3.8) is 0 Å². The van der Waals surface area contributed by atoms with E-state index in [9.17, 15) is 13.3 Å². The summed E-state index contributed by atoms with van der Waals surface area (Å²) >= 11 is 0. The Morgan fingerprint density at radius 1 is 1.28 bits per heavy atom. The molecule has 9 heteroatoms. The van der Waals surface area contributed by atoms with Crippen molar-refractivity contribution in [2.24, 2.45) is 5.11 Å². The fourth-order valence-electron chi connectivity index (χ4n) is 1.10. The van der Waals surface area contributed by atoms with Gasteiger partial charge in [-0.1, -0.05) is 5.11 Å². The van der Waals surface area contributed by atoms with Crippen LogP contribution in [-0.2, 0) is 13.6 Å². The summed E-state index contributed by atoms with van der Waals surface area (Å²) < 4.78 is 49.3. The molecule has 106 valence electrons. The molecule has 6 nitrogen and oxygen atoms in total. The summed E-state index contributed by atoms with van der Waals surface area (Å²) in [6.07, 6.45) is -2.21. The van der Waals surface area contributed by atoms with E-state index in [1.807, 2.05) is 0 Å². The van der Waals surface area contributed by atoms with Gasteiger partial charge in [-0.2, -0.15) is 8.78 Å². The molecule has 0 spiro atoms. The van der Waals surface area contributed by atoms with Gasteiger partial charge in [0.1, 0.15) is 0 Å². The normalized spacial score (nSPS) is 12.9. The molecule has 0 saturated heterocycles. The third-order valence-electron chi connectivity index (χ3n) is 1.68. The first-order valence-electron chi connectivity index (χ1n) is 5.50. The van der Waals surface area contributed by atoms with E-state index >= 15 is 0 Å². The summed E-state index contributed by atoms with van der Waals surface area (Å²) in [5.41, 5.74) is 4.35. The zero-order chi connectivity index (χ0) is 14.4. The molecule has 0 aliphatic carbocycles. The topological polar surface area (TPSA) is 84.3 Å². The van der Waals surface area contributed by atoms with Crippen LogP contribution in [0.5, 0.6) is 0 Å². The average molecular weight is 285 g/mol. The molecule has 0 saturated carbocycles. The quantitative estimate of drug-likeness (QED) is 0.288. The van der Waals surface area contributed by atoms with Gasteiger partial charge < -0.3 is 9.05 Å². The average Bonchev–Trinajstić information content (AvgIpc) is 2.14. The van der Waals surface area contributed by atoms with Gasteiger partial charge in [0.05, 0.1) is 12.2 Å². The molecule has 0 radical (unpaired) electrons. The minimum atomic E-state index is -4.59. The van der Waals surface area contributed by atoms with Gasteiger partial charge in [0.15, 0.2) is 0 Å². The Kier molecular flexibility index (Phi) is 6.78. The lowest BCUT2D eigenvalue weighted by Crippen LogP contribution is -2.24. The van der Waals surface area contributed by atoms with Crippen molar-refractivity contribution in [1.29, 1.82) is 0 Å². The monoisotopic (exact) mass is 285 g/mol. The van der Waals surface area contributed by atoms with Crippen LogP contribution in [0.1, 0.15) is 34.1 Å². The van der Waals surface area contributed by atoms with Gasteiger partial charge in [-0.3, -0.25) is 4.57 Å². The summed E-state index contributed by atoms with van der Waals surface area (Å²) in [6.45, 7) is 5.47. The number of azide groups is 1. The highest BCUT2D eigenvalue weighted by atomic mass is 31.2. The van der Waals surface area contributed by atoms with Crippen molar-refractivity contribution < 1.29 is 22.4 Å². The maximum absolute atomic E-state index is 13.8. The van der Waals surface area contributed by atoms with Crippen LogP contribution in [0.25, 0.3) is 10.4 Å². The fourth-order valence-corrected chi connectivity index (χ4v) is 2.94. The van der Waals surface area contributed by atoms with E-state index < -0.39 is 38.4 Å². The zero-order valence-corrected chi connectivity index (χ0v) is 11.7. The Morgan fingerprint density at radius 2 is 1.72 bits per heavy atom. The van der Waals surface area contributed by atoms with Gasteiger partial charge in [0, 0.05) is 17.9 Å². The highest BCUT2D eigenvalue weighted by Crippen LogP contribution is 2.64. The van der Waals surface area contributed by atoms with Gasteiger partial charge in [-0.05, 0) is 33.2 Å². The minimum absolute atomic E-state index is 0.476. The Bertz CT molecular complexity index is 343. The van der Waals surface area contributed by atoms with Crippen LogP contribution in [0.4, 0.5) is 8.78 Å². The SMILES string of the molecule is CC(C)OP(=O)(OC(C)C)C(F)(F)CCN=[N+]=[N-]. The number of rotatable bonds is 8. The van der Waals surface area contributed by atoms with Crippen LogP contribution < -0.4 is 0 Å². The van der Waals surface area contributed by atoms with E-state index in [0.717, 1.165) is 0 Å². The molecule has 0 aliphatic heterocycles. The zero-order valence-electron chi connectivity index (χ0n) is 10.8. The number of nitrogens with zero attached hydrogens (tertiary/aromatic N) is 3. The summed E-state index contributed by atoms with van der Waals surface area (Å²) in [5.74, 6) is 0. The third kappa shape index (κ3) is 5.31. The summed E-state index contributed by atoms with van der Waals surface area (Å²) in [5, 5.41) is 3.00. The Hall–Kier alpha value is -0.680. The largest absolute Gasteiger partial charge is 0.400 e. The van der Waals surface area contributed by atoms with Crippen LogP contribution in [0, 0.1) is 0 Å². The van der Waals surface area contributed by atoms with Crippen molar-refractivity contribution in [2.45, 2.75) is 52.0 Å². The molecular weight excluding hydrogens is 267 g/mol. The fraction of sp³-hybridized carbons (Fsp3) is 1.00. The first-order chi connectivity index (χ1) is 8.14. The lowest BCUT2D eigenvalue weighted by Gasteiger charge is -2.29. The molecule has 0 aromatic heterocycles. The summed E-state index contributed by atoms with van der Waals surface area (Å²) in [6, 6.07) is 0. The predicted molar refractivity (Wildman–Crippen MR) is 63.6 cm³/mol. The van der Waals surface area contributed by atoms with E-state index in [1.165, 1.54) is 27.7 Å². The molecule has 0 N–H and O–H groups in total. The van der Waals surface area contributed by atoms with Gasteiger partial charge in [0.2, 0.25) is 0 Å². The molecule has 0 aromatic carbocycles. The van der Waals surface area contributed by atoms with E-state index in [0.29, 0.717) is 0 Å². The highest BCUT2D eigenvalue weighted by Gasteiger charge is 2.53. The van der Waals surface area contributed by atoms with Gasteiger partial charge >= 0.3 is 13.3 Å². The van der Waals surface area contributed by atoms with Crippen molar-refractivity contribution >= 4 is 7.60 Å². The van der Waals surface area contributed by atoms with Crippen LogP contribution in [0.2, 0.25) is 0 Å². The molecular formula is C9H18F2N3O3P. The number of hydrogen-bond acceptors (Lipinski definition) is 4. The Morgan fingerprint density at radius 3 is 2.06 bits per heavy atom. The lowest BCUT2D eigenvalue weighted by molar-refractivity contribution is 0.0158. The second-order valence-corrected chi connectivity index (χ2v) is 6.25. The predicted octanol–water partition coefficient (Wildman–Crippen LogP) is 4.32. The number of hydrogen-bond donors (Lipinski definition) is 0. The van der Waals surface area contributed by atoms with Crippen LogP contribution in [0.3, 0.4) is 0 Å². The maximum atomic E-state index is 13.8. The second-order valence-electron chi connectivity index (χ2n) is 4.18. The molecule has 0 aromatic rings. The van der Waals surface area contributed by atoms with E-state index in [1.54, 1.807) is 0 Å². The third-order valence-corrected chi connectivity index (χ3v) is 4.10. The summed E-state index contributed by atoms with van der Waals surface area (Å²) in [7, 11) is -4.59. The Balaban J connectivity index is 5.02. The van der Waals surface area contributed by atoms with Crippen LogP contribution in [-0.4, -0.2) is 24.4 Å². The molecule has 0 rings (SSSR count). The molecule has 0 bridgehead atoms. The second kappa shape index (κ2) is 7.04. The maximum Gasteiger partial charge on any atom is 0.400 e. The minimum Gasteiger partial charge on any atom is -0.302 e. The van der Waals surface area contributed by atoms with Crippen molar-refractivity contribution in [3.8, 4) is 0 Å². The molecule has 0 unspecified atom stereocenters. The number of halogens is 2. The van der Waals surface area contributed by atoms with Gasteiger partial charge in [0.25, 0.3) is 0 Å². The summed E-state index contributed by atoms with van der Waals surface area (Å²) in [4.78, 5) is 2.36.